The van der Waals surface area contributed by atoms with Crippen LogP contribution in [-0.2, 0) is 6.18 Å². The molecular weight excluding hydrogens is 407 g/mol. The van der Waals surface area contributed by atoms with E-state index in [2.05, 4.69) is 27.6 Å². The molecule has 2 unspecified atom stereocenters. The number of nitrogens with zero attached hydrogens (tertiary/aromatic N) is 3. The van der Waals surface area contributed by atoms with Gasteiger partial charge in [0.05, 0.1) is 23.0 Å². The second-order valence-electron chi connectivity index (χ2n) is 7.46. The predicted molar refractivity (Wildman–Crippen MR) is 106 cm³/mol. The molecule has 2 aromatic heterocycles. The number of carbonyl (C=O) groups excluding carboxylic acids is 1. The fourth-order valence-corrected chi connectivity index (χ4v) is 3.48. The summed E-state index contributed by atoms with van der Waals surface area (Å²) >= 11 is 0. The molecule has 3 heterocycles. The van der Waals surface area contributed by atoms with Crippen LogP contribution in [0.15, 0.2) is 24.5 Å². The first-order chi connectivity index (χ1) is 13.2. The van der Waals surface area contributed by atoms with Gasteiger partial charge >= 0.3 is 6.18 Å². The van der Waals surface area contributed by atoms with Gasteiger partial charge in [-0.25, -0.2) is 9.67 Å². The number of carbonyl (C=O) groups is 1. The van der Waals surface area contributed by atoms with E-state index in [4.69, 9.17) is 0 Å². The van der Waals surface area contributed by atoms with Crippen LogP contribution in [0, 0.1) is 0 Å². The molecule has 29 heavy (non-hydrogen) atoms. The first kappa shape index (κ1) is 23.2. The average molecular weight is 432 g/mol. The Hall–Kier alpha value is -2.13. The summed E-state index contributed by atoms with van der Waals surface area (Å²) in [4.78, 5) is 16.7. The maximum atomic E-state index is 12.8. The maximum Gasteiger partial charge on any atom is 0.417 e. The summed E-state index contributed by atoms with van der Waals surface area (Å²) in [6, 6.07) is 2.64. The van der Waals surface area contributed by atoms with E-state index in [1.165, 1.54) is 16.9 Å². The van der Waals surface area contributed by atoms with E-state index in [-0.39, 0.29) is 36.1 Å². The highest BCUT2D eigenvalue weighted by Crippen LogP contribution is 2.29. The first-order valence-electron chi connectivity index (χ1n) is 9.32. The molecule has 1 fully saturated rings. The highest BCUT2D eigenvalue weighted by atomic mass is 35.5. The largest absolute Gasteiger partial charge is 0.417 e. The van der Waals surface area contributed by atoms with Crippen LogP contribution < -0.4 is 10.6 Å². The Labute approximate surface area is 173 Å². The van der Waals surface area contributed by atoms with Crippen molar-refractivity contribution in [1.82, 2.24) is 25.4 Å². The Morgan fingerprint density at radius 2 is 2.03 bits per heavy atom. The summed E-state index contributed by atoms with van der Waals surface area (Å²) in [7, 11) is 0. The van der Waals surface area contributed by atoms with Gasteiger partial charge in [0.2, 0.25) is 0 Å². The number of aromatic nitrogens is 3. The third kappa shape index (κ3) is 5.27. The zero-order chi connectivity index (χ0) is 20.5. The lowest BCUT2D eigenvalue weighted by Gasteiger charge is -2.28. The van der Waals surface area contributed by atoms with Gasteiger partial charge < -0.3 is 10.6 Å². The number of rotatable bonds is 4. The van der Waals surface area contributed by atoms with E-state index in [1.807, 2.05) is 13.8 Å². The molecule has 1 aliphatic heterocycles. The fraction of sp³-hybridized carbons (Fsp3) is 0.526. The predicted octanol–water partition coefficient (Wildman–Crippen LogP) is 3.70. The molecule has 0 spiro atoms. The fourth-order valence-electron chi connectivity index (χ4n) is 3.48. The van der Waals surface area contributed by atoms with E-state index in [1.54, 1.807) is 0 Å². The molecule has 6 nitrogen and oxygen atoms in total. The third-order valence-electron chi connectivity index (χ3n) is 4.85. The molecule has 0 bridgehead atoms. The highest BCUT2D eigenvalue weighted by molar-refractivity contribution is 5.95. The number of piperidine rings is 1. The molecule has 2 atom stereocenters. The molecule has 0 radical (unpaired) electrons. The highest BCUT2D eigenvalue weighted by Gasteiger charge is 2.31. The molecule has 0 aliphatic carbocycles. The van der Waals surface area contributed by atoms with E-state index < -0.39 is 11.7 Å². The average Bonchev–Trinajstić information content (AvgIpc) is 3.06. The summed E-state index contributed by atoms with van der Waals surface area (Å²) in [5.41, 5.74) is 0.210. The zero-order valence-electron chi connectivity index (χ0n) is 16.5. The number of pyridine rings is 1. The molecule has 1 saturated heterocycles. The molecule has 160 valence electrons. The van der Waals surface area contributed by atoms with Gasteiger partial charge in [-0.2, -0.15) is 18.3 Å². The Bertz CT molecular complexity index is 835. The van der Waals surface area contributed by atoms with Crippen LogP contribution in [0.25, 0.3) is 5.82 Å². The van der Waals surface area contributed by atoms with Gasteiger partial charge in [0.1, 0.15) is 0 Å². The molecular formula is C19H25ClF3N5O. The first-order valence-corrected chi connectivity index (χ1v) is 9.32. The minimum atomic E-state index is -4.45. The standard InChI is InChI=1S/C19H24F3N5O.ClH/c1-11(2)17-15(18(28)26-14-6-7-23-12(3)8-14)10-25-27(17)16-5-4-13(9-24-16)19(20,21)22;/h4-5,9-12,14,23H,6-8H2,1-3H3,(H,26,28);1H. The summed E-state index contributed by atoms with van der Waals surface area (Å²) < 4.78 is 39.7. The van der Waals surface area contributed by atoms with Crippen molar-refractivity contribution < 1.29 is 18.0 Å². The molecule has 3 rings (SSSR count). The topological polar surface area (TPSA) is 71.8 Å². The normalized spacial score (nSPS) is 19.7. The monoisotopic (exact) mass is 431 g/mol. The van der Waals surface area contributed by atoms with Crippen LogP contribution in [0.1, 0.15) is 61.1 Å². The lowest BCUT2D eigenvalue weighted by Crippen LogP contribution is -2.46. The number of amides is 1. The molecule has 1 amide bonds. The van der Waals surface area contributed by atoms with E-state index >= 15 is 0 Å². The van der Waals surface area contributed by atoms with Crippen LogP contribution in [0.5, 0.6) is 0 Å². The van der Waals surface area contributed by atoms with Gasteiger partial charge in [0.25, 0.3) is 5.91 Å². The lowest BCUT2D eigenvalue weighted by atomic mass is 9.99. The summed E-state index contributed by atoms with van der Waals surface area (Å²) in [6.45, 7) is 6.73. The van der Waals surface area contributed by atoms with E-state index in [0.29, 0.717) is 17.3 Å². The van der Waals surface area contributed by atoms with E-state index in [0.717, 1.165) is 31.6 Å². The summed E-state index contributed by atoms with van der Waals surface area (Å²) in [5.74, 6) is -0.0495. The number of nitrogens with one attached hydrogen (secondary N) is 2. The number of hydrogen-bond acceptors (Lipinski definition) is 4. The molecule has 10 heteroatoms. The summed E-state index contributed by atoms with van der Waals surface area (Å²) in [5, 5.41) is 10.6. The number of hydrogen-bond donors (Lipinski definition) is 2. The van der Waals surface area contributed by atoms with Gasteiger partial charge in [-0.05, 0) is 44.4 Å². The Morgan fingerprint density at radius 1 is 1.31 bits per heavy atom. The van der Waals surface area contributed by atoms with Crippen LogP contribution in [0.3, 0.4) is 0 Å². The minimum Gasteiger partial charge on any atom is -0.349 e. The Balaban J connectivity index is 0.00000300. The van der Waals surface area contributed by atoms with Crippen molar-refractivity contribution in [1.29, 1.82) is 0 Å². The van der Waals surface area contributed by atoms with Crippen molar-refractivity contribution in [2.45, 2.75) is 57.8 Å². The Kier molecular flexibility index (Phi) is 7.29. The van der Waals surface area contributed by atoms with Crippen molar-refractivity contribution in [3.05, 3.63) is 41.3 Å². The molecule has 2 N–H and O–H groups in total. The number of halogens is 4. The second kappa shape index (κ2) is 9.13. The van der Waals surface area contributed by atoms with Gasteiger partial charge in [0.15, 0.2) is 5.82 Å². The van der Waals surface area contributed by atoms with Crippen LogP contribution in [0.2, 0.25) is 0 Å². The van der Waals surface area contributed by atoms with Crippen LogP contribution >= 0.6 is 12.4 Å². The van der Waals surface area contributed by atoms with Crippen molar-refractivity contribution in [3.63, 3.8) is 0 Å². The summed E-state index contributed by atoms with van der Waals surface area (Å²) in [6.07, 6.45) is -0.529. The molecule has 2 aromatic rings. The third-order valence-corrected chi connectivity index (χ3v) is 4.85. The van der Waals surface area contributed by atoms with Crippen molar-refractivity contribution >= 4 is 18.3 Å². The van der Waals surface area contributed by atoms with Gasteiger partial charge in [-0.1, -0.05) is 13.8 Å². The van der Waals surface area contributed by atoms with Crippen LogP contribution in [0.4, 0.5) is 13.2 Å². The quantitative estimate of drug-likeness (QED) is 0.774. The minimum absolute atomic E-state index is 0. The molecule has 0 saturated carbocycles. The smallest absolute Gasteiger partial charge is 0.349 e. The maximum absolute atomic E-state index is 12.8. The number of alkyl halides is 3. The van der Waals surface area contributed by atoms with Crippen molar-refractivity contribution in [2.75, 3.05) is 6.54 Å². The van der Waals surface area contributed by atoms with Crippen molar-refractivity contribution in [3.8, 4) is 5.82 Å². The molecule has 1 aliphatic rings. The zero-order valence-corrected chi connectivity index (χ0v) is 17.3. The van der Waals surface area contributed by atoms with E-state index in [9.17, 15) is 18.0 Å². The lowest BCUT2D eigenvalue weighted by molar-refractivity contribution is -0.137. The van der Waals surface area contributed by atoms with Crippen molar-refractivity contribution in [2.24, 2.45) is 0 Å². The van der Waals surface area contributed by atoms with Gasteiger partial charge in [0, 0.05) is 18.3 Å². The Morgan fingerprint density at radius 3 is 2.59 bits per heavy atom. The van der Waals surface area contributed by atoms with Crippen LogP contribution in [-0.4, -0.2) is 39.3 Å². The second-order valence-corrected chi connectivity index (χ2v) is 7.46. The molecule has 0 aromatic carbocycles. The van der Waals surface area contributed by atoms with Gasteiger partial charge in [-0.15, -0.1) is 12.4 Å². The SMILES string of the molecule is CC1CC(NC(=O)c2cnn(-c3ccc(C(F)(F)F)cn3)c2C(C)C)CCN1.Cl. The van der Waals surface area contributed by atoms with Gasteiger partial charge in [-0.3, -0.25) is 4.79 Å².